The Morgan fingerprint density at radius 2 is 1.88 bits per heavy atom. The quantitative estimate of drug-likeness (QED) is 0.481. The molecule has 5 nitrogen and oxygen atoms in total. The van der Waals surface area contributed by atoms with Crippen molar-refractivity contribution >= 4 is 10.9 Å². The summed E-state index contributed by atoms with van der Waals surface area (Å²) in [4.78, 5) is 3.63. The van der Waals surface area contributed by atoms with E-state index in [0.717, 1.165) is 41.1 Å². The summed E-state index contributed by atoms with van der Waals surface area (Å²) in [5, 5.41) is 3.56. The largest absolute Gasteiger partial charge is 0.497 e. The second-order valence-corrected chi connectivity index (χ2v) is 7.97. The molecule has 4 aromatic rings. The molecule has 0 spiro atoms. The fraction of sp³-hybridized carbons (Fsp3) is 0.231. The standard InChI is InChI=1S/C26H25FN2O3/c1-30-18-8-9-22-20(14-18)19-11-12-28-25(26(19)29-22)16-7-10-23(31-2)17(13-16)15-32-24-6-4-3-5-21(24)27/h3-10,13-14,25,28-29H,11-12,15H2,1-2H3/p+1/t25-/m0/s1. The van der Waals surface area contributed by atoms with E-state index in [1.165, 1.54) is 22.7 Å². The number of aromatic nitrogens is 1. The van der Waals surface area contributed by atoms with Crippen LogP contribution in [0.15, 0.2) is 60.7 Å². The molecule has 0 aliphatic carbocycles. The monoisotopic (exact) mass is 433 g/mol. The van der Waals surface area contributed by atoms with Gasteiger partial charge in [0.2, 0.25) is 0 Å². The summed E-state index contributed by atoms with van der Waals surface area (Å²) in [5.41, 5.74) is 5.70. The molecule has 0 amide bonds. The van der Waals surface area contributed by atoms with Crippen molar-refractivity contribution in [2.24, 2.45) is 0 Å². The Labute approximate surface area is 186 Å². The van der Waals surface area contributed by atoms with Gasteiger partial charge in [0.25, 0.3) is 0 Å². The van der Waals surface area contributed by atoms with Gasteiger partial charge in [-0.05, 0) is 54.1 Å². The van der Waals surface area contributed by atoms with Crippen molar-refractivity contribution in [3.05, 3.63) is 88.9 Å². The van der Waals surface area contributed by atoms with Crippen LogP contribution in [0.3, 0.4) is 0 Å². The molecular formula is C26H26FN2O3+. The highest BCUT2D eigenvalue weighted by Crippen LogP contribution is 2.34. The van der Waals surface area contributed by atoms with Gasteiger partial charge in [-0.3, -0.25) is 0 Å². The molecule has 2 heterocycles. The number of halogens is 1. The van der Waals surface area contributed by atoms with Crippen molar-refractivity contribution in [1.82, 2.24) is 4.98 Å². The molecule has 164 valence electrons. The van der Waals surface area contributed by atoms with Crippen LogP contribution in [0.25, 0.3) is 10.9 Å². The highest BCUT2D eigenvalue weighted by atomic mass is 19.1. The molecule has 1 aliphatic rings. The van der Waals surface area contributed by atoms with Gasteiger partial charge < -0.3 is 24.5 Å². The zero-order valence-electron chi connectivity index (χ0n) is 18.2. The van der Waals surface area contributed by atoms with Gasteiger partial charge in [0.15, 0.2) is 17.6 Å². The molecule has 3 N–H and O–H groups in total. The van der Waals surface area contributed by atoms with Crippen LogP contribution < -0.4 is 19.5 Å². The Hall–Kier alpha value is -3.51. The number of rotatable bonds is 6. The lowest BCUT2D eigenvalue weighted by atomic mass is 9.93. The molecule has 0 saturated carbocycles. The van der Waals surface area contributed by atoms with E-state index in [1.54, 1.807) is 32.4 Å². The molecule has 3 aromatic carbocycles. The third kappa shape index (κ3) is 3.67. The molecule has 1 atom stereocenters. The van der Waals surface area contributed by atoms with Crippen molar-refractivity contribution < 1.29 is 23.9 Å². The maximum atomic E-state index is 14.0. The van der Waals surface area contributed by atoms with E-state index in [-0.39, 0.29) is 24.2 Å². The van der Waals surface area contributed by atoms with Gasteiger partial charge in [-0.25, -0.2) is 4.39 Å². The molecule has 1 aromatic heterocycles. The molecule has 0 saturated heterocycles. The first-order valence-electron chi connectivity index (χ1n) is 10.7. The van der Waals surface area contributed by atoms with Gasteiger partial charge in [0, 0.05) is 28.5 Å². The summed E-state index contributed by atoms with van der Waals surface area (Å²) in [6, 6.07) is 18.9. The molecule has 5 rings (SSSR count). The number of nitrogens with one attached hydrogen (secondary N) is 1. The van der Waals surface area contributed by atoms with Crippen LogP contribution in [0.1, 0.15) is 28.4 Å². The van der Waals surface area contributed by atoms with Gasteiger partial charge in [-0.1, -0.05) is 12.1 Å². The first-order valence-corrected chi connectivity index (χ1v) is 10.7. The average molecular weight is 434 g/mol. The summed E-state index contributed by atoms with van der Waals surface area (Å²) in [7, 11) is 3.33. The fourth-order valence-corrected chi connectivity index (χ4v) is 4.55. The van der Waals surface area contributed by atoms with Crippen LogP contribution in [-0.4, -0.2) is 25.7 Å². The zero-order valence-corrected chi connectivity index (χ0v) is 18.2. The SMILES string of the molecule is COc1ccc2[nH]c3c(c2c1)CC[NH2+][C@H]3c1ccc(OC)c(COc2ccccc2F)c1. The lowest BCUT2D eigenvalue weighted by Crippen LogP contribution is -2.87. The van der Waals surface area contributed by atoms with E-state index < -0.39 is 0 Å². The number of benzene rings is 3. The summed E-state index contributed by atoms with van der Waals surface area (Å²) in [5.74, 6) is 1.45. The lowest BCUT2D eigenvalue weighted by Gasteiger charge is -2.22. The maximum absolute atomic E-state index is 14.0. The number of ether oxygens (including phenoxy) is 3. The third-order valence-electron chi connectivity index (χ3n) is 6.14. The Morgan fingerprint density at radius 1 is 1.00 bits per heavy atom. The molecule has 0 unspecified atom stereocenters. The molecule has 32 heavy (non-hydrogen) atoms. The number of methoxy groups -OCH3 is 2. The van der Waals surface area contributed by atoms with E-state index in [2.05, 4.69) is 34.6 Å². The number of para-hydroxylation sites is 1. The minimum absolute atomic E-state index is 0.135. The third-order valence-corrected chi connectivity index (χ3v) is 6.14. The lowest BCUT2D eigenvalue weighted by molar-refractivity contribution is -0.690. The highest BCUT2D eigenvalue weighted by molar-refractivity contribution is 5.86. The molecule has 6 heteroatoms. The van der Waals surface area contributed by atoms with E-state index in [9.17, 15) is 4.39 Å². The van der Waals surface area contributed by atoms with Gasteiger partial charge in [0.05, 0.1) is 26.5 Å². The predicted molar refractivity (Wildman–Crippen MR) is 121 cm³/mol. The van der Waals surface area contributed by atoms with E-state index in [0.29, 0.717) is 0 Å². The minimum atomic E-state index is -0.374. The topological polar surface area (TPSA) is 60.1 Å². The number of fused-ring (bicyclic) bond motifs is 3. The Bertz CT molecular complexity index is 1270. The first kappa shape index (κ1) is 20.4. The first-order chi connectivity index (χ1) is 15.7. The fourth-order valence-electron chi connectivity index (χ4n) is 4.55. The highest BCUT2D eigenvalue weighted by Gasteiger charge is 2.29. The number of hydrogen-bond acceptors (Lipinski definition) is 3. The maximum Gasteiger partial charge on any atom is 0.165 e. The molecule has 0 fully saturated rings. The Balaban J connectivity index is 1.49. The summed E-state index contributed by atoms with van der Waals surface area (Å²) < 4.78 is 30.7. The van der Waals surface area contributed by atoms with E-state index in [1.807, 2.05) is 12.1 Å². The zero-order chi connectivity index (χ0) is 22.1. The summed E-state index contributed by atoms with van der Waals surface area (Å²) in [6.45, 7) is 1.22. The number of nitrogens with two attached hydrogens (primary N) is 1. The summed E-state index contributed by atoms with van der Waals surface area (Å²) >= 11 is 0. The average Bonchev–Trinajstić information content (AvgIpc) is 3.21. The Morgan fingerprint density at radius 3 is 2.69 bits per heavy atom. The Kier molecular flexibility index (Phi) is 5.45. The van der Waals surface area contributed by atoms with Crippen molar-refractivity contribution in [1.29, 1.82) is 0 Å². The van der Waals surface area contributed by atoms with Crippen LogP contribution >= 0.6 is 0 Å². The molecule has 0 bridgehead atoms. The van der Waals surface area contributed by atoms with Crippen LogP contribution in [0.2, 0.25) is 0 Å². The van der Waals surface area contributed by atoms with Gasteiger partial charge in [0.1, 0.15) is 18.1 Å². The second-order valence-electron chi connectivity index (χ2n) is 7.97. The smallest absolute Gasteiger partial charge is 0.165 e. The van der Waals surface area contributed by atoms with E-state index >= 15 is 0 Å². The minimum Gasteiger partial charge on any atom is -0.497 e. The van der Waals surface area contributed by atoms with Crippen LogP contribution in [0, 0.1) is 5.82 Å². The van der Waals surface area contributed by atoms with Gasteiger partial charge in [-0.2, -0.15) is 0 Å². The van der Waals surface area contributed by atoms with Crippen LogP contribution in [-0.2, 0) is 13.0 Å². The van der Waals surface area contributed by atoms with Gasteiger partial charge in [-0.15, -0.1) is 0 Å². The summed E-state index contributed by atoms with van der Waals surface area (Å²) in [6.07, 6.45) is 0.998. The normalized spacial score (nSPS) is 15.4. The van der Waals surface area contributed by atoms with Crippen LogP contribution in [0.4, 0.5) is 4.39 Å². The number of quaternary nitrogens is 1. The van der Waals surface area contributed by atoms with E-state index in [4.69, 9.17) is 14.2 Å². The number of hydrogen-bond donors (Lipinski definition) is 2. The molecule has 0 radical (unpaired) electrons. The molecule has 1 aliphatic heterocycles. The van der Waals surface area contributed by atoms with Crippen molar-refractivity contribution in [2.75, 3.05) is 20.8 Å². The second kappa shape index (κ2) is 8.55. The van der Waals surface area contributed by atoms with Crippen molar-refractivity contribution in [2.45, 2.75) is 19.1 Å². The number of H-pyrrole nitrogens is 1. The predicted octanol–water partition coefficient (Wildman–Crippen LogP) is 4.11. The number of aromatic amines is 1. The van der Waals surface area contributed by atoms with Crippen molar-refractivity contribution in [3.63, 3.8) is 0 Å². The van der Waals surface area contributed by atoms with Crippen LogP contribution in [0.5, 0.6) is 17.2 Å². The molecular weight excluding hydrogens is 407 g/mol. The van der Waals surface area contributed by atoms with Gasteiger partial charge >= 0.3 is 0 Å². The van der Waals surface area contributed by atoms with Crippen molar-refractivity contribution in [3.8, 4) is 17.2 Å².